The van der Waals surface area contributed by atoms with Crippen LogP contribution in [0.3, 0.4) is 0 Å². The molecule has 0 amide bonds. The van der Waals surface area contributed by atoms with Gasteiger partial charge in [-0.1, -0.05) is 22.0 Å². The van der Waals surface area contributed by atoms with Gasteiger partial charge in [0, 0.05) is 10.0 Å². The molecule has 0 unspecified atom stereocenters. The van der Waals surface area contributed by atoms with E-state index in [0.717, 1.165) is 6.07 Å². The molecule has 0 fully saturated rings. The fourth-order valence-corrected chi connectivity index (χ4v) is 1.64. The molecule has 0 saturated heterocycles. The number of hydrogen-bond acceptors (Lipinski definition) is 2. The molecule has 1 rings (SSSR count). The lowest BCUT2D eigenvalue weighted by atomic mass is 10.1. The van der Waals surface area contributed by atoms with Gasteiger partial charge < -0.3 is 5.11 Å². The van der Waals surface area contributed by atoms with Crippen LogP contribution in [0.4, 0.5) is 4.39 Å². The fourth-order valence-electron chi connectivity index (χ4n) is 1.09. The van der Waals surface area contributed by atoms with Gasteiger partial charge in [-0.15, -0.1) is 6.58 Å². The van der Waals surface area contributed by atoms with Crippen molar-refractivity contribution in [3.05, 3.63) is 40.1 Å². The Kier molecular flexibility index (Phi) is 3.26. The largest absolute Gasteiger partial charge is 0.506 e. The van der Waals surface area contributed by atoms with Gasteiger partial charge in [-0.2, -0.15) is 5.26 Å². The number of nitrogens with zero attached hydrogens (tertiary/aromatic N) is 1. The molecule has 72 valence electrons. The van der Waals surface area contributed by atoms with Crippen molar-refractivity contribution >= 4 is 15.9 Å². The minimum absolute atomic E-state index is 0.320. The van der Waals surface area contributed by atoms with E-state index in [2.05, 4.69) is 22.5 Å². The standard InChI is InChI=1S/C10H7BrFNO/c1-2-3-6-8(11)4-9(12)7(5-13)10(6)14/h2,4,14H,1,3H2. The molecule has 2 nitrogen and oxygen atoms in total. The fraction of sp³-hybridized carbons (Fsp3) is 0.100. The van der Waals surface area contributed by atoms with Gasteiger partial charge in [-0.25, -0.2) is 4.39 Å². The lowest BCUT2D eigenvalue weighted by Gasteiger charge is -2.06. The first-order chi connectivity index (χ1) is 6.61. The predicted molar refractivity (Wildman–Crippen MR) is 54.4 cm³/mol. The molecule has 1 aromatic carbocycles. The molecular weight excluding hydrogens is 249 g/mol. The second kappa shape index (κ2) is 4.25. The molecule has 0 spiro atoms. The van der Waals surface area contributed by atoms with Crippen molar-refractivity contribution in [1.29, 1.82) is 5.26 Å². The molecule has 0 bridgehead atoms. The Labute approximate surface area is 89.4 Å². The van der Waals surface area contributed by atoms with E-state index in [1.165, 1.54) is 0 Å². The number of allylic oxidation sites excluding steroid dienone is 1. The Morgan fingerprint density at radius 1 is 1.71 bits per heavy atom. The number of benzene rings is 1. The van der Waals surface area contributed by atoms with Gasteiger partial charge in [0.05, 0.1) is 0 Å². The van der Waals surface area contributed by atoms with E-state index in [-0.39, 0.29) is 11.3 Å². The van der Waals surface area contributed by atoms with Gasteiger partial charge in [-0.05, 0) is 12.5 Å². The lowest BCUT2D eigenvalue weighted by Crippen LogP contribution is -1.92. The predicted octanol–water partition coefficient (Wildman–Crippen LogP) is 2.89. The number of hydrogen-bond donors (Lipinski definition) is 1. The van der Waals surface area contributed by atoms with Gasteiger partial charge in [0.1, 0.15) is 23.2 Å². The SMILES string of the molecule is C=CCc1c(Br)cc(F)c(C#N)c1O. The third-order valence-corrected chi connectivity index (χ3v) is 2.47. The third kappa shape index (κ3) is 1.78. The smallest absolute Gasteiger partial charge is 0.145 e. The summed E-state index contributed by atoms with van der Waals surface area (Å²) in [6, 6.07) is 2.77. The minimum atomic E-state index is -0.732. The summed E-state index contributed by atoms with van der Waals surface area (Å²) in [6.45, 7) is 3.51. The molecule has 14 heavy (non-hydrogen) atoms. The van der Waals surface area contributed by atoms with Crippen molar-refractivity contribution < 1.29 is 9.50 Å². The van der Waals surface area contributed by atoms with Crippen LogP contribution in [0.25, 0.3) is 0 Å². The maximum absolute atomic E-state index is 13.1. The van der Waals surface area contributed by atoms with Crippen LogP contribution in [0, 0.1) is 17.1 Å². The van der Waals surface area contributed by atoms with E-state index in [9.17, 15) is 9.50 Å². The Hall–Kier alpha value is -1.34. The highest BCUT2D eigenvalue weighted by Gasteiger charge is 2.15. The van der Waals surface area contributed by atoms with Crippen LogP contribution in [0.15, 0.2) is 23.2 Å². The molecule has 1 N–H and O–H groups in total. The van der Waals surface area contributed by atoms with Crippen molar-refractivity contribution in [2.45, 2.75) is 6.42 Å². The summed E-state index contributed by atoms with van der Waals surface area (Å²) in [5, 5.41) is 18.1. The van der Waals surface area contributed by atoms with Gasteiger partial charge in [0.15, 0.2) is 0 Å². The van der Waals surface area contributed by atoms with E-state index in [1.807, 2.05) is 0 Å². The average molecular weight is 256 g/mol. The number of aromatic hydroxyl groups is 1. The van der Waals surface area contributed by atoms with E-state index in [0.29, 0.717) is 16.5 Å². The Balaban J connectivity index is 3.45. The molecule has 0 aliphatic carbocycles. The quantitative estimate of drug-likeness (QED) is 0.827. The maximum atomic E-state index is 13.1. The summed E-state index contributed by atoms with van der Waals surface area (Å²) < 4.78 is 13.5. The molecule has 0 radical (unpaired) electrons. The Bertz CT molecular complexity index is 423. The zero-order valence-electron chi connectivity index (χ0n) is 7.22. The van der Waals surface area contributed by atoms with Crippen LogP contribution in [-0.2, 0) is 6.42 Å². The van der Waals surface area contributed by atoms with Crippen LogP contribution in [0.5, 0.6) is 5.75 Å². The van der Waals surface area contributed by atoms with Crippen molar-refractivity contribution in [3.8, 4) is 11.8 Å². The second-order valence-electron chi connectivity index (χ2n) is 2.65. The number of halogens is 2. The van der Waals surface area contributed by atoms with Crippen molar-refractivity contribution in [1.82, 2.24) is 0 Å². The molecule has 0 aliphatic heterocycles. The summed E-state index contributed by atoms with van der Waals surface area (Å²) in [4.78, 5) is 0. The lowest BCUT2D eigenvalue weighted by molar-refractivity contribution is 0.460. The van der Waals surface area contributed by atoms with E-state index in [1.54, 1.807) is 12.1 Å². The maximum Gasteiger partial charge on any atom is 0.145 e. The minimum Gasteiger partial charge on any atom is -0.506 e. The first kappa shape index (κ1) is 10.7. The van der Waals surface area contributed by atoms with Crippen molar-refractivity contribution in [2.75, 3.05) is 0 Å². The molecule has 0 heterocycles. The molecule has 0 saturated carbocycles. The van der Waals surface area contributed by atoms with Crippen LogP contribution >= 0.6 is 15.9 Å². The van der Waals surface area contributed by atoms with Crippen molar-refractivity contribution in [2.24, 2.45) is 0 Å². The highest BCUT2D eigenvalue weighted by Crippen LogP contribution is 2.32. The molecular formula is C10H7BrFNO. The molecule has 0 atom stereocenters. The highest BCUT2D eigenvalue weighted by atomic mass is 79.9. The third-order valence-electron chi connectivity index (χ3n) is 1.76. The first-order valence-corrected chi connectivity index (χ1v) is 4.62. The molecule has 0 aliphatic rings. The van der Waals surface area contributed by atoms with Crippen LogP contribution in [0.1, 0.15) is 11.1 Å². The molecule has 0 aromatic heterocycles. The molecule has 4 heteroatoms. The topological polar surface area (TPSA) is 44.0 Å². The second-order valence-corrected chi connectivity index (χ2v) is 3.50. The van der Waals surface area contributed by atoms with E-state index < -0.39 is 5.82 Å². The first-order valence-electron chi connectivity index (χ1n) is 3.82. The highest BCUT2D eigenvalue weighted by molar-refractivity contribution is 9.10. The summed E-state index contributed by atoms with van der Waals surface area (Å²) >= 11 is 3.11. The summed E-state index contributed by atoms with van der Waals surface area (Å²) in [5.41, 5.74) is 0.142. The van der Waals surface area contributed by atoms with Gasteiger partial charge >= 0.3 is 0 Å². The Morgan fingerprint density at radius 3 is 2.86 bits per heavy atom. The van der Waals surface area contributed by atoms with E-state index in [4.69, 9.17) is 5.26 Å². The van der Waals surface area contributed by atoms with E-state index >= 15 is 0 Å². The van der Waals surface area contributed by atoms with Gasteiger partial charge in [0.25, 0.3) is 0 Å². The number of phenolic OH excluding ortho intramolecular Hbond substituents is 1. The number of nitriles is 1. The van der Waals surface area contributed by atoms with Crippen LogP contribution < -0.4 is 0 Å². The Morgan fingerprint density at radius 2 is 2.36 bits per heavy atom. The average Bonchev–Trinajstić information content (AvgIpc) is 2.12. The number of phenols is 1. The van der Waals surface area contributed by atoms with Crippen LogP contribution in [0.2, 0.25) is 0 Å². The normalized spacial score (nSPS) is 9.50. The van der Waals surface area contributed by atoms with Gasteiger partial charge in [-0.3, -0.25) is 0 Å². The zero-order chi connectivity index (χ0) is 10.7. The summed E-state index contributed by atoms with van der Waals surface area (Å²) in [6.07, 6.45) is 1.94. The molecule has 1 aromatic rings. The zero-order valence-corrected chi connectivity index (χ0v) is 8.81. The number of rotatable bonds is 2. The monoisotopic (exact) mass is 255 g/mol. The van der Waals surface area contributed by atoms with Gasteiger partial charge in [0.2, 0.25) is 0 Å². The van der Waals surface area contributed by atoms with Crippen molar-refractivity contribution in [3.63, 3.8) is 0 Å². The van der Waals surface area contributed by atoms with Crippen LogP contribution in [-0.4, -0.2) is 5.11 Å². The summed E-state index contributed by atoms with van der Waals surface area (Å²) in [5.74, 6) is -1.05. The summed E-state index contributed by atoms with van der Waals surface area (Å²) in [7, 11) is 0.